The molecule has 0 aliphatic heterocycles. The van der Waals surface area contributed by atoms with Crippen LogP contribution in [0.15, 0.2) is 23.4 Å². The second kappa shape index (κ2) is 7.03. The molecule has 0 aliphatic rings. The molecule has 0 fully saturated rings. The molecule has 1 aromatic carbocycles. The third-order valence-corrected chi connectivity index (χ3v) is 6.45. The van der Waals surface area contributed by atoms with Crippen LogP contribution in [-0.2, 0) is 0 Å². The third kappa shape index (κ3) is 3.56. The number of hydrogen-bond donors (Lipinski definition) is 2. The van der Waals surface area contributed by atoms with E-state index in [-0.39, 0.29) is 0 Å². The van der Waals surface area contributed by atoms with Crippen LogP contribution in [0.4, 0.5) is 0 Å². The largest absolute Gasteiger partial charge is 0.332 e. The molecule has 2 nitrogen and oxygen atoms in total. The van der Waals surface area contributed by atoms with Crippen LogP contribution in [0, 0.1) is 0 Å². The van der Waals surface area contributed by atoms with Gasteiger partial charge in [0.15, 0.2) is 5.16 Å². The zero-order chi connectivity index (χ0) is 13.0. The summed E-state index contributed by atoms with van der Waals surface area (Å²) in [4.78, 5) is 7.94. The van der Waals surface area contributed by atoms with E-state index in [1.165, 1.54) is 12.0 Å². The van der Waals surface area contributed by atoms with Crippen molar-refractivity contribution in [2.24, 2.45) is 0 Å². The van der Waals surface area contributed by atoms with Gasteiger partial charge in [-0.2, -0.15) is 0 Å². The lowest BCUT2D eigenvalue weighted by molar-refractivity contribution is 1.09. The average molecular weight is 317 g/mol. The van der Waals surface area contributed by atoms with Crippen LogP contribution in [0.3, 0.4) is 0 Å². The van der Waals surface area contributed by atoms with Gasteiger partial charge in [0.2, 0.25) is 0 Å². The van der Waals surface area contributed by atoms with Gasteiger partial charge in [-0.15, -0.1) is 11.7 Å². The van der Waals surface area contributed by atoms with Gasteiger partial charge in [-0.3, -0.25) is 0 Å². The van der Waals surface area contributed by atoms with Crippen molar-refractivity contribution >= 4 is 55.1 Å². The van der Waals surface area contributed by atoms with Crippen molar-refractivity contribution in [2.45, 2.75) is 30.7 Å². The lowest BCUT2D eigenvalue weighted by atomic mass is 10.1. The van der Waals surface area contributed by atoms with E-state index in [1.807, 2.05) is 10.8 Å². The second-order valence-corrected chi connectivity index (χ2v) is 7.93. The predicted octanol–water partition coefficient (Wildman–Crippen LogP) is 5.35. The van der Waals surface area contributed by atoms with Gasteiger partial charge in [0.1, 0.15) is 0 Å². The Morgan fingerprint density at radius 1 is 1.44 bits per heavy atom. The molecule has 1 heterocycles. The number of fused-ring (bicyclic) bond motifs is 1. The summed E-state index contributed by atoms with van der Waals surface area (Å²) in [5.41, 5.74) is 3.43. The number of imidazole rings is 1. The predicted molar refractivity (Wildman–Crippen MR) is 89.7 cm³/mol. The molecular weight excluding hydrogens is 300 g/mol. The Labute approximate surface area is 125 Å². The van der Waals surface area contributed by atoms with Crippen molar-refractivity contribution < 1.29 is 0 Å². The maximum atomic E-state index is 4.57. The Bertz CT molecular complexity index is 512. The van der Waals surface area contributed by atoms with Crippen molar-refractivity contribution in [1.29, 1.82) is 0 Å². The van der Waals surface area contributed by atoms with Crippen LogP contribution < -0.4 is 0 Å². The highest BCUT2D eigenvalue weighted by molar-refractivity contribution is 8.76. The van der Waals surface area contributed by atoms with Gasteiger partial charge in [-0.1, -0.05) is 34.6 Å². The first kappa shape index (κ1) is 14.5. The zero-order valence-electron chi connectivity index (χ0n) is 10.3. The Morgan fingerprint density at radius 3 is 3.00 bits per heavy atom. The number of benzene rings is 1. The van der Waals surface area contributed by atoms with Crippen LogP contribution in [0.5, 0.6) is 0 Å². The summed E-state index contributed by atoms with van der Waals surface area (Å²) in [7, 11) is 5.12. The summed E-state index contributed by atoms with van der Waals surface area (Å²) in [5.74, 6) is 1.15. The van der Waals surface area contributed by atoms with E-state index in [0.29, 0.717) is 5.25 Å². The molecule has 2 rings (SSSR count). The van der Waals surface area contributed by atoms with Gasteiger partial charge in [0.05, 0.1) is 11.0 Å². The van der Waals surface area contributed by atoms with Gasteiger partial charge < -0.3 is 4.98 Å². The number of hydrogen-bond acceptors (Lipinski definition) is 5. The lowest BCUT2D eigenvalue weighted by Gasteiger charge is -2.06. The summed E-state index contributed by atoms with van der Waals surface area (Å²) in [6, 6.07) is 6.38. The van der Waals surface area contributed by atoms with Crippen molar-refractivity contribution in [1.82, 2.24) is 9.97 Å². The number of aromatic amines is 1. The highest BCUT2D eigenvalue weighted by atomic mass is 33.1. The minimum absolute atomic E-state index is 0.395. The molecule has 6 heteroatoms. The van der Waals surface area contributed by atoms with Crippen molar-refractivity contribution in [2.75, 3.05) is 5.75 Å². The van der Waals surface area contributed by atoms with Crippen LogP contribution >= 0.6 is 44.0 Å². The molecule has 2 aromatic rings. The Balaban J connectivity index is 2.17. The van der Waals surface area contributed by atoms with E-state index >= 15 is 0 Å². The lowest BCUT2D eigenvalue weighted by Crippen LogP contribution is -1.85. The number of rotatable bonds is 6. The van der Waals surface area contributed by atoms with Gasteiger partial charge in [0, 0.05) is 11.0 Å². The summed E-state index contributed by atoms with van der Waals surface area (Å²) >= 11 is 4.27. The maximum absolute atomic E-state index is 4.57. The smallest absolute Gasteiger partial charge is 0.177 e. The summed E-state index contributed by atoms with van der Waals surface area (Å²) < 4.78 is 0. The molecule has 1 atom stereocenters. The molecule has 1 unspecified atom stereocenters. The van der Waals surface area contributed by atoms with Crippen LogP contribution in [0.25, 0.3) is 11.0 Å². The van der Waals surface area contributed by atoms with Gasteiger partial charge in [0.25, 0.3) is 0 Å². The molecule has 0 saturated heterocycles. The SMILES string of the molecule is CCCSSc1nc2ccc(C(C)SS)cc2[nH]1. The maximum Gasteiger partial charge on any atom is 0.177 e. The molecule has 0 amide bonds. The van der Waals surface area contributed by atoms with Gasteiger partial charge in [-0.25, -0.2) is 4.98 Å². The minimum Gasteiger partial charge on any atom is -0.332 e. The van der Waals surface area contributed by atoms with Gasteiger partial charge >= 0.3 is 0 Å². The molecule has 18 heavy (non-hydrogen) atoms. The number of nitrogens with one attached hydrogen (secondary N) is 1. The fourth-order valence-corrected chi connectivity index (χ4v) is 4.14. The fraction of sp³-hybridized carbons (Fsp3) is 0.417. The molecule has 0 saturated carbocycles. The Morgan fingerprint density at radius 2 is 2.28 bits per heavy atom. The molecule has 1 aromatic heterocycles. The van der Waals surface area contributed by atoms with Crippen LogP contribution in [-0.4, -0.2) is 15.7 Å². The normalized spacial score (nSPS) is 13.1. The highest BCUT2D eigenvalue weighted by Gasteiger charge is 2.08. The molecule has 0 aliphatic carbocycles. The summed E-state index contributed by atoms with van der Waals surface area (Å²) in [6.45, 7) is 4.34. The number of nitrogens with zero attached hydrogens (tertiary/aromatic N) is 1. The van der Waals surface area contributed by atoms with Gasteiger partial charge in [-0.05, 0) is 41.8 Å². The molecule has 98 valence electrons. The summed E-state index contributed by atoms with van der Waals surface area (Å²) in [6.07, 6.45) is 1.19. The first-order valence-electron chi connectivity index (χ1n) is 5.84. The van der Waals surface area contributed by atoms with E-state index in [4.69, 9.17) is 0 Å². The quantitative estimate of drug-likeness (QED) is 0.427. The minimum atomic E-state index is 0.395. The first-order valence-corrected chi connectivity index (χ1v) is 10.1. The van der Waals surface area contributed by atoms with E-state index < -0.39 is 0 Å². The van der Waals surface area contributed by atoms with Crippen molar-refractivity contribution in [3.8, 4) is 0 Å². The monoisotopic (exact) mass is 316 g/mol. The Hall–Kier alpha value is 0.0900. The topological polar surface area (TPSA) is 28.7 Å². The van der Waals surface area contributed by atoms with Crippen molar-refractivity contribution in [3.63, 3.8) is 0 Å². The summed E-state index contributed by atoms with van der Waals surface area (Å²) in [5, 5.41) is 1.39. The first-order chi connectivity index (χ1) is 8.74. The van der Waals surface area contributed by atoms with E-state index in [9.17, 15) is 0 Å². The molecule has 0 bridgehead atoms. The number of thiol groups is 1. The van der Waals surface area contributed by atoms with E-state index in [0.717, 1.165) is 21.9 Å². The van der Waals surface area contributed by atoms with Crippen LogP contribution in [0.1, 0.15) is 31.1 Å². The number of aromatic nitrogens is 2. The van der Waals surface area contributed by atoms with E-state index in [2.05, 4.69) is 53.7 Å². The Kier molecular flexibility index (Phi) is 5.66. The average Bonchev–Trinajstić information content (AvgIpc) is 2.79. The molecule has 0 spiro atoms. The second-order valence-electron chi connectivity index (χ2n) is 3.97. The third-order valence-electron chi connectivity index (χ3n) is 2.54. The zero-order valence-corrected chi connectivity index (χ0v) is 13.7. The standard InChI is InChI=1S/C12H16N2S4/c1-3-6-16-18-12-13-10-5-4-9(8(2)17-15)7-11(10)14-12/h4-5,7-8,15H,3,6H2,1-2H3,(H,13,14). The highest BCUT2D eigenvalue weighted by Crippen LogP contribution is 2.34. The van der Waals surface area contributed by atoms with Crippen LogP contribution in [0.2, 0.25) is 0 Å². The molecular formula is C12H16N2S4. The van der Waals surface area contributed by atoms with E-state index in [1.54, 1.807) is 21.6 Å². The molecule has 1 N–H and O–H groups in total. The van der Waals surface area contributed by atoms with Crippen molar-refractivity contribution in [3.05, 3.63) is 23.8 Å². The molecule has 0 radical (unpaired) electrons. The number of H-pyrrole nitrogens is 1. The fourth-order valence-electron chi connectivity index (χ4n) is 1.54.